The molecule has 9 heteroatoms. The first kappa shape index (κ1) is 15.8. The molecule has 116 valence electrons. The minimum atomic E-state index is -3.94. The fraction of sp³-hybridized carbons (Fsp3) is 0.500. The molecule has 1 aromatic rings. The molecule has 1 heterocycles. The number of nitro groups is 1. The lowest BCUT2D eigenvalue weighted by Gasteiger charge is -2.20. The van der Waals surface area contributed by atoms with E-state index in [1.165, 1.54) is 12.1 Å². The second-order valence-electron chi connectivity index (χ2n) is 5.06. The Morgan fingerprint density at radius 2 is 2.24 bits per heavy atom. The quantitative estimate of drug-likeness (QED) is 0.597. The van der Waals surface area contributed by atoms with E-state index in [1.54, 1.807) is 6.92 Å². The Bertz CT molecular complexity index is 652. The van der Waals surface area contributed by atoms with Gasteiger partial charge >= 0.3 is 0 Å². The van der Waals surface area contributed by atoms with Gasteiger partial charge in [-0.05, 0) is 12.5 Å². The molecule has 21 heavy (non-hydrogen) atoms. The molecule has 2 N–H and O–H groups in total. The molecule has 0 aliphatic carbocycles. The molecule has 1 fully saturated rings. The first-order valence-electron chi connectivity index (χ1n) is 6.28. The Kier molecular flexibility index (Phi) is 4.28. The standard InChI is InChI=1S/C12H16N2O6S/c1-9-2-3-10(14(16)17)6-11(9)21(18,19)13-7-12(15)4-5-20-8-12/h2-3,6,13,15H,4-5,7-8H2,1H3. The number of ether oxygens (including phenoxy) is 1. The van der Waals surface area contributed by atoms with Gasteiger partial charge in [-0.25, -0.2) is 13.1 Å². The summed E-state index contributed by atoms with van der Waals surface area (Å²) in [4.78, 5) is 9.92. The summed E-state index contributed by atoms with van der Waals surface area (Å²) >= 11 is 0. The third-order valence-corrected chi connectivity index (χ3v) is 4.89. The Hall–Kier alpha value is -1.55. The molecule has 0 aromatic heterocycles. The second-order valence-corrected chi connectivity index (χ2v) is 6.79. The lowest BCUT2D eigenvalue weighted by Crippen LogP contribution is -2.43. The van der Waals surface area contributed by atoms with Crippen molar-refractivity contribution in [1.29, 1.82) is 0 Å². The van der Waals surface area contributed by atoms with Crippen LogP contribution in [0.15, 0.2) is 23.1 Å². The Morgan fingerprint density at radius 1 is 1.52 bits per heavy atom. The molecule has 2 rings (SSSR count). The van der Waals surface area contributed by atoms with Crippen molar-refractivity contribution in [1.82, 2.24) is 4.72 Å². The van der Waals surface area contributed by atoms with Crippen molar-refractivity contribution in [3.05, 3.63) is 33.9 Å². The van der Waals surface area contributed by atoms with Gasteiger partial charge in [0.05, 0.1) is 16.4 Å². The van der Waals surface area contributed by atoms with E-state index in [2.05, 4.69) is 4.72 Å². The van der Waals surface area contributed by atoms with E-state index in [1.807, 2.05) is 0 Å². The van der Waals surface area contributed by atoms with Crippen LogP contribution in [0.4, 0.5) is 5.69 Å². The van der Waals surface area contributed by atoms with Crippen LogP contribution < -0.4 is 4.72 Å². The van der Waals surface area contributed by atoms with Gasteiger partial charge in [0, 0.05) is 31.7 Å². The van der Waals surface area contributed by atoms with E-state index >= 15 is 0 Å². The van der Waals surface area contributed by atoms with Gasteiger partial charge in [0.15, 0.2) is 0 Å². The fourth-order valence-corrected chi connectivity index (χ4v) is 3.42. The van der Waals surface area contributed by atoms with Crippen LogP contribution in [0.5, 0.6) is 0 Å². The average Bonchev–Trinajstić information content (AvgIpc) is 2.84. The molecule has 1 atom stereocenters. The van der Waals surface area contributed by atoms with E-state index in [-0.39, 0.29) is 23.7 Å². The summed E-state index contributed by atoms with van der Waals surface area (Å²) in [6.45, 7) is 1.78. The maximum Gasteiger partial charge on any atom is 0.270 e. The molecule has 0 bridgehead atoms. The number of aryl methyl sites for hydroxylation is 1. The topological polar surface area (TPSA) is 119 Å². The van der Waals surface area contributed by atoms with Crippen LogP contribution in [-0.4, -0.2) is 43.8 Å². The van der Waals surface area contributed by atoms with Crippen molar-refractivity contribution in [2.75, 3.05) is 19.8 Å². The van der Waals surface area contributed by atoms with E-state index in [0.29, 0.717) is 18.6 Å². The summed E-state index contributed by atoms with van der Waals surface area (Å²) in [6, 6.07) is 3.62. The number of non-ortho nitro benzene ring substituents is 1. The summed E-state index contributed by atoms with van der Waals surface area (Å²) in [5, 5.41) is 20.8. The summed E-state index contributed by atoms with van der Waals surface area (Å²) in [7, 11) is -3.94. The van der Waals surface area contributed by atoms with E-state index < -0.39 is 20.5 Å². The molecule has 0 spiro atoms. The summed E-state index contributed by atoms with van der Waals surface area (Å²) in [5.41, 5.74) is -1.14. The van der Waals surface area contributed by atoms with Gasteiger partial charge in [-0.1, -0.05) is 6.07 Å². The Morgan fingerprint density at radius 3 is 2.81 bits per heavy atom. The molecule has 0 amide bonds. The maximum absolute atomic E-state index is 12.2. The van der Waals surface area contributed by atoms with Crippen molar-refractivity contribution in [2.45, 2.75) is 23.8 Å². The van der Waals surface area contributed by atoms with Gasteiger partial charge in [0.25, 0.3) is 5.69 Å². The van der Waals surface area contributed by atoms with Gasteiger partial charge < -0.3 is 9.84 Å². The summed E-state index contributed by atoms with van der Waals surface area (Å²) in [6.07, 6.45) is 0.337. The van der Waals surface area contributed by atoms with Crippen LogP contribution in [0.25, 0.3) is 0 Å². The summed E-state index contributed by atoms with van der Waals surface area (Å²) in [5.74, 6) is 0. The SMILES string of the molecule is Cc1ccc([N+](=O)[O-])cc1S(=O)(=O)NCC1(O)CCOC1. The lowest BCUT2D eigenvalue weighted by molar-refractivity contribution is -0.385. The summed E-state index contributed by atoms with van der Waals surface area (Å²) < 4.78 is 31.8. The number of rotatable bonds is 5. The molecule has 1 aliphatic rings. The number of nitrogens with one attached hydrogen (secondary N) is 1. The second kappa shape index (κ2) is 5.68. The van der Waals surface area contributed by atoms with Gasteiger partial charge in [-0.3, -0.25) is 10.1 Å². The molecule has 0 radical (unpaired) electrons. The first-order chi connectivity index (χ1) is 9.73. The van der Waals surface area contributed by atoms with Crippen LogP contribution in [0.3, 0.4) is 0 Å². The largest absolute Gasteiger partial charge is 0.386 e. The van der Waals surface area contributed by atoms with E-state index in [4.69, 9.17) is 4.74 Å². The zero-order valence-electron chi connectivity index (χ0n) is 11.4. The number of nitro benzene ring substituents is 1. The molecule has 1 aromatic carbocycles. The van der Waals surface area contributed by atoms with Crippen LogP contribution in [-0.2, 0) is 14.8 Å². The van der Waals surface area contributed by atoms with Gasteiger partial charge in [-0.15, -0.1) is 0 Å². The third kappa shape index (κ3) is 3.56. The zero-order chi connectivity index (χ0) is 15.7. The molecular formula is C12H16N2O6S. The van der Waals surface area contributed by atoms with Crippen molar-refractivity contribution >= 4 is 15.7 Å². The number of sulfonamides is 1. The van der Waals surface area contributed by atoms with Gasteiger partial charge in [0.1, 0.15) is 5.60 Å². The van der Waals surface area contributed by atoms with Crippen LogP contribution >= 0.6 is 0 Å². The predicted molar refractivity (Wildman–Crippen MR) is 73.4 cm³/mol. The van der Waals surface area contributed by atoms with Crippen molar-refractivity contribution in [3.63, 3.8) is 0 Å². The number of aliphatic hydroxyl groups is 1. The average molecular weight is 316 g/mol. The highest BCUT2D eigenvalue weighted by Crippen LogP contribution is 2.23. The van der Waals surface area contributed by atoms with Gasteiger partial charge in [-0.2, -0.15) is 0 Å². The highest BCUT2D eigenvalue weighted by molar-refractivity contribution is 7.89. The smallest absolute Gasteiger partial charge is 0.270 e. The number of hydrogen-bond donors (Lipinski definition) is 2. The lowest BCUT2D eigenvalue weighted by atomic mass is 10.1. The minimum Gasteiger partial charge on any atom is -0.386 e. The maximum atomic E-state index is 12.2. The van der Waals surface area contributed by atoms with Crippen LogP contribution in [0, 0.1) is 17.0 Å². The number of nitrogens with zero attached hydrogens (tertiary/aromatic N) is 1. The molecule has 1 aliphatic heterocycles. The molecular weight excluding hydrogens is 300 g/mol. The first-order valence-corrected chi connectivity index (χ1v) is 7.77. The fourth-order valence-electron chi connectivity index (χ4n) is 2.03. The minimum absolute atomic E-state index is 0.0590. The normalized spacial score (nSPS) is 22.4. The van der Waals surface area contributed by atoms with E-state index in [9.17, 15) is 23.6 Å². The molecule has 1 unspecified atom stereocenters. The Labute approximate surface area is 121 Å². The highest BCUT2D eigenvalue weighted by Gasteiger charge is 2.34. The number of benzene rings is 1. The van der Waals surface area contributed by atoms with Gasteiger partial charge in [0.2, 0.25) is 10.0 Å². The zero-order valence-corrected chi connectivity index (χ0v) is 12.2. The Balaban J connectivity index is 2.23. The highest BCUT2D eigenvalue weighted by atomic mass is 32.2. The molecule has 1 saturated heterocycles. The monoisotopic (exact) mass is 316 g/mol. The van der Waals surface area contributed by atoms with Crippen molar-refractivity contribution in [2.24, 2.45) is 0 Å². The van der Waals surface area contributed by atoms with Crippen molar-refractivity contribution < 1.29 is 23.2 Å². The van der Waals surface area contributed by atoms with Crippen LogP contribution in [0.2, 0.25) is 0 Å². The van der Waals surface area contributed by atoms with Crippen molar-refractivity contribution in [3.8, 4) is 0 Å². The predicted octanol–water partition coefficient (Wildman–Crippen LogP) is 0.333. The molecule has 0 saturated carbocycles. The molecule has 8 nitrogen and oxygen atoms in total. The van der Waals surface area contributed by atoms with E-state index in [0.717, 1.165) is 6.07 Å². The third-order valence-electron chi connectivity index (χ3n) is 3.35. The number of hydrogen-bond acceptors (Lipinski definition) is 6. The van der Waals surface area contributed by atoms with Crippen LogP contribution in [0.1, 0.15) is 12.0 Å².